The zero-order valence-electron chi connectivity index (χ0n) is 14.4. The summed E-state index contributed by atoms with van der Waals surface area (Å²) >= 11 is 0. The third-order valence-corrected chi connectivity index (χ3v) is 7.69. The molecule has 5 nitrogen and oxygen atoms in total. The molecule has 0 radical (unpaired) electrons. The molecule has 2 aliphatic rings. The zero-order chi connectivity index (χ0) is 17.3. The van der Waals surface area contributed by atoms with Crippen molar-refractivity contribution in [1.29, 1.82) is 0 Å². The molecule has 0 spiro atoms. The Labute approximate surface area is 144 Å². The van der Waals surface area contributed by atoms with Crippen molar-refractivity contribution in [3.8, 4) is 0 Å². The van der Waals surface area contributed by atoms with E-state index in [0.29, 0.717) is 16.5 Å². The highest BCUT2D eigenvalue weighted by Crippen LogP contribution is 2.35. The predicted molar refractivity (Wildman–Crippen MR) is 94.9 cm³/mol. The van der Waals surface area contributed by atoms with E-state index in [2.05, 4.69) is 12.2 Å². The molecule has 1 N–H and O–H groups in total. The Balaban J connectivity index is 1.65. The van der Waals surface area contributed by atoms with Crippen molar-refractivity contribution in [2.24, 2.45) is 5.92 Å². The maximum atomic E-state index is 12.6. The molecule has 6 heteroatoms. The fourth-order valence-corrected chi connectivity index (χ4v) is 5.26. The van der Waals surface area contributed by atoms with Crippen LogP contribution in [0.15, 0.2) is 29.2 Å². The van der Waals surface area contributed by atoms with Crippen LogP contribution in [0.4, 0.5) is 10.5 Å². The summed E-state index contributed by atoms with van der Waals surface area (Å²) < 4.78 is 25.1. The molecule has 24 heavy (non-hydrogen) atoms. The largest absolute Gasteiger partial charge is 0.325 e. The van der Waals surface area contributed by atoms with Crippen LogP contribution in [0.5, 0.6) is 0 Å². The number of anilines is 1. The molecule has 0 aromatic heterocycles. The standard InChI is InChI=1S/C18H26N2O3S/c1-13(14-7-8-14)20(2)18(21)19-15-9-11-17(12-10-15)24(22,23)16-5-3-4-6-16/h9-14,16H,3-8H2,1-2H3,(H,19,21)/t13-/m1/s1. The summed E-state index contributed by atoms with van der Waals surface area (Å²) in [5.74, 6) is 0.611. The molecule has 1 atom stereocenters. The van der Waals surface area contributed by atoms with Gasteiger partial charge < -0.3 is 10.2 Å². The normalized spacial score (nSPS) is 19.9. The highest BCUT2D eigenvalue weighted by molar-refractivity contribution is 7.92. The number of carbonyl (C=O) groups excluding carboxylic acids is 1. The molecular weight excluding hydrogens is 324 g/mol. The quantitative estimate of drug-likeness (QED) is 0.881. The summed E-state index contributed by atoms with van der Waals surface area (Å²) in [6, 6.07) is 6.64. The first-order valence-electron chi connectivity index (χ1n) is 8.77. The molecule has 1 aromatic carbocycles. The number of nitrogens with zero attached hydrogens (tertiary/aromatic N) is 1. The number of amides is 2. The van der Waals surface area contributed by atoms with Crippen LogP contribution >= 0.6 is 0 Å². The number of benzene rings is 1. The minimum absolute atomic E-state index is 0.152. The van der Waals surface area contributed by atoms with Crippen molar-refractivity contribution in [1.82, 2.24) is 4.90 Å². The van der Waals surface area contributed by atoms with Crippen LogP contribution in [0.3, 0.4) is 0 Å². The van der Waals surface area contributed by atoms with Gasteiger partial charge in [-0.3, -0.25) is 0 Å². The highest BCUT2D eigenvalue weighted by Gasteiger charge is 2.33. The summed E-state index contributed by atoms with van der Waals surface area (Å²) in [5, 5.41) is 2.60. The number of hydrogen-bond acceptors (Lipinski definition) is 3. The van der Waals surface area contributed by atoms with Crippen LogP contribution in [-0.2, 0) is 9.84 Å². The van der Waals surface area contributed by atoms with Crippen molar-refractivity contribution in [3.63, 3.8) is 0 Å². The summed E-state index contributed by atoms with van der Waals surface area (Å²) in [6.45, 7) is 2.06. The van der Waals surface area contributed by atoms with E-state index < -0.39 is 9.84 Å². The Kier molecular flexibility index (Phi) is 4.85. The van der Waals surface area contributed by atoms with Crippen molar-refractivity contribution >= 4 is 21.6 Å². The zero-order valence-corrected chi connectivity index (χ0v) is 15.2. The lowest BCUT2D eigenvalue weighted by Crippen LogP contribution is -2.39. The van der Waals surface area contributed by atoms with E-state index in [4.69, 9.17) is 0 Å². The third kappa shape index (κ3) is 3.58. The van der Waals surface area contributed by atoms with Gasteiger partial charge in [0, 0.05) is 18.8 Å². The molecule has 0 heterocycles. The molecule has 3 rings (SSSR count). The van der Waals surface area contributed by atoms with Crippen LogP contribution < -0.4 is 5.32 Å². The Morgan fingerprint density at radius 1 is 1.12 bits per heavy atom. The van der Waals surface area contributed by atoms with E-state index in [1.807, 2.05) is 0 Å². The number of hydrogen-bond donors (Lipinski definition) is 1. The maximum absolute atomic E-state index is 12.6. The second-order valence-electron chi connectivity index (χ2n) is 7.09. The van der Waals surface area contributed by atoms with E-state index in [1.165, 1.54) is 12.8 Å². The smallest absolute Gasteiger partial charge is 0.321 e. The van der Waals surface area contributed by atoms with E-state index in [9.17, 15) is 13.2 Å². The van der Waals surface area contributed by atoms with Crippen molar-refractivity contribution in [3.05, 3.63) is 24.3 Å². The molecule has 0 aliphatic heterocycles. The second-order valence-corrected chi connectivity index (χ2v) is 9.32. The van der Waals surface area contributed by atoms with Crippen molar-refractivity contribution < 1.29 is 13.2 Å². The lowest BCUT2D eigenvalue weighted by Gasteiger charge is -2.25. The van der Waals surface area contributed by atoms with Gasteiger partial charge in [-0.15, -0.1) is 0 Å². The van der Waals surface area contributed by atoms with Gasteiger partial charge in [0.1, 0.15) is 0 Å². The Bertz CT molecular complexity index is 689. The van der Waals surface area contributed by atoms with Gasteiger partial charge in [-0.2, -0.15) is 0 Å². The molecule has 0 saturated heterocycles. The minimum Gasteiger partial charge on any atom is -0.325 e. The monoisotopic (exact) mass is 350 g/mol. The van der Waals surface area contributed by atoms with Crippen molar-refractivity contribution in [2.75, 3.05) is 12.4 Å². The average Bonchev–Trinajstić information content (AvgIpc) is 3.27. The second kappa shape index (κ2) is 6.75. The molecule has 1 aromatic rings. The van der Waals surface area contributed by atoms with Gasteiger partial charge in [-0.1, -0.05) is 12.8 Å². The Hall–Kier alpha value is -1.56. The molecule has 2 saturated carbocycles. The lowest BCUT2D eigenvalue weighted by atomic mass is 10.2. The van der Waals surface area contributed by atoms with E-state index in [1.54, 1.807) is 36.2 Å². The molecule has 2 fully saturated rings. The number of urea groups is 1. The fourth-order valence-electron chi connectivity index (χ4n) is 3.41. The predicted octanol–water partition coefficient (Wildman–Crippen LogP) is 3.67. The van der Waals surface area contributed by atoms with E-state index in [-0.39, 0.29) is 17.3 Å². The van der Waals surface area contributed by atoms with E-state index >= 15 is 0 Å². The lowest BCUT2D eigenvalue weighted by molar-refractivity contribution is 0.201. The summed E-state index contributed by atoms with van der Waals surface area (Å²) in [7, 11) is -1.44. The van der Waals surface area contributed by atoms with Crippen LogP contribution in [0.2, 0.25) is 0 Å². The first kappa shape index (κ1) is 17.3. The number of nitrogens with one attached hydrogen (secondary N) is 1. The summed E-state index contributed by atoms with van der Waals surface area (Å²) in [4.78, 5) is 14.4. The van der Waals surface area contributed by atoms with Gasteiger partial charge in [0.05, 0.1) is 10.1 Å². The van der Waals surface area contributed by atoms with Gasteiger partial charge in [0.15, 0.2) is 9.84 Å². The fraction of sp³-hybridized carbons (Fsp3) is 0.611. The molecule has 2 aliphatic carbocycles. The van der Waals surface area contributed by atoms with Gasteiger partial charge in [-0.05, 0) is 62.8 Å². The van der Waals surface area contributed by atoms with Crippen LogP contribution in [0.1, 0.15) is 45.4 Å². The number of carbonyl (C=O) groups is 1. The first-order chi connectivity index (χ1) is 11.4. The molecular formula is C18H26N2O3S. The van der Waals surface area contributed by atoms with Gasteiger partial charge >= 0.3 is 6.03 Å². The van der Waals surface area contributed by atoms with Crippen LogP contribution in [0, 0.1) is 5.92 Å². The Morgan fingerprint density at radius 3 is 2.25 bits per heavy atom. The van der Waals surface area contributed by atoms with Gasteiger partial charge in [-0.25, -0.2) is 13.2 Å². The topological polar surface area (TPSA) is 66.5 Å². The van der Waals surface area contributed by atoms with Gasteiger partial charge in [0.2, 0.25) is 0 Å². The third-order valence-electron chi connectivity index (χ3n) is 5.41. The van der Waals surface area contributed by atoms with Crippen LogP contribution in [-0.4, -0.2) is 37.7 Å². The van der Waals surface area contributed by atoms with E-state index in [0.717, 1.165) is 25.7 Å². The molecule has 132 valence electrons. The molecule has 2 amide bonds. The van der Waals surface area contributed by atoms with Gasteiger partial charge in [0.25, 0.3) is 0 Å². The Morgan fingerprint density at radius 2 is 1.71 bits per heavy atom. The maximum Gasteiger partial charge on any atom is 0.321 e. The minimum atomic E-state index is -3.24. The number of rotatable bonds is 5. The molecule has 0 bridgehead atoms. The average molecular weight is 350 g/mol. The van der Waals surface area contributed by atoms with Crippen molar-refractivity contribution in [2.45, 2.75) is 61.6 Å². The summed E-state index contributed by atoms with van der Waals surface area (Å²) in [6.07, 6.45) is 5.86. The highest BCUT2D eigenvalue weighted by atomic mass is 32.2. The SMILES string of the molecule is C[C@H](C1CC1)N(C)C(=O)Nc1ccc(S(=O)(=O)C2CCCC2)cc1. The van der Waals surface area contributed by atoms with Crippen LogP contribution in [0.25, 0.3) is 0 Å². The number of sulfone groups is 1. The summed E-state index contributed by atoms with van der Waals surface area (Å²) in [5.41, 5.74) is 0.625. The molecule has 0 unspecified atom stereocenters. The first-order valence-corrected chi connectivity index (χ1v) is 10.3.